The van der Waals surface area contributed by atoms with E-state index in [-0.39, 0.29) is 24.3 Å². The summed E-state index contributed by atoms with van der Waals surface area (Å²) >= 11 is 0. The summed E-state index contributed by atoms with van der Waals surface area (Å²) < 4.78 is 0. The number of hydrogen-bond acceptors (Lipinski definition) is 3. The van der Waals surface area contributed by atoms with Gasteiger partial charge in [-0.1, -0.05) is 13.3 Å². The minimum atomic E-state index is -0.0356. The van der Waals surface area contributed by atoms with E-state index in [1.54, 1.807) is 0 Å². The molecule has 1 heterocycles. The summed E-state index contributed by atoms with van der Waals surface area (Å²) in [7, 11) is 0. The molecule has 0 aromatic heterocycles. The average Bonchev–Trinajstić information content (AvgIpc) is 2.45. The first-order valence-corrected chi connectivity index (χ1v) is 6.63. The SMILES string of the molecule is CCCC(CCO)CN1C(=O)CCCCC1=O. The van der Waals surface area contributed by atoms with Gasteiger partial charge in [0, 0.05) is 26.0 Å². The maximum Gasteiger partial charge on any atom is 0.229 e. The van der Waals surface area contributed by atoms with E-state index in [1.165, 1.54) is 4.90 Å². The van der Waals surface area contributed by atoms with Crippen molar-refractivity contribution in [3.63, 3.8) is 0 Å². The van der Waals surface area contributed by atoms with Crippen molar-refractivity contribution >= 4 is 11.8 Å². The maximum atomic E-state index is 11.8. The molecule has 4 nitrogen and oxygen atoms in total. The lowest BCUT2D eigenvalue weighted by Gasteiger charge is -2.24. The highest BCUT2D eigenvalue weighted by Crippen LogP contribution is 2.18. The van der Waals surface area contributed by atoms with Gasteiger partial charge in [-0.3, -0.25) is 14.5 Å². The molecule has 0 bridgehead atoms. The Balaban J connectivity index is 2.60. The molecule has 17 heavy (non-hydrogen) atoms. The van der Waals surface area contributed by atoms with E-state index in [1.807, 2.05) is 0 Å². The van der Waals surface area contributed by atoms with Gasteiger partial charge in [0.1, 0.15) is 0 Å². The van der Waals surface area contributed by atoms with Gasteiger partial charge in [-0.25, -0.2) is 0 Å². The fourth-order valence-corrected chi connectivity index (χ4v) is 2.34. The fourth-order valence-electron chi connectivity index (χ4n) is 2.34. The zero-order chi connectivity index (χ0) is 12.7. The van der Waals surface area contributed by atoms with Gasteiger partial charge in [0.25, 0.3) is 0 Å². The third-order valence-electron chi connectivity index (χ3n) is 3.31. The van der Waals surface area contributed by atoms with E-state index >= 15 is 0 Å². The monoisotopic (exact) mass is 241 g/mol. The number of amides is 2. The third-order valence-corrected chi connectivity index (χ3v) is 3.31. The quantitative estimate of drug-likeness (QED) is 0.720. The Morgan fingerprint density at radius 2 is 1.76 bits per heavy atom. The van der Waals surface area contributed by atoms with E-state index in [0.717, 1.165) is 25.7 Å². The van der Waals surface area contributed by atoms with E-state index < -0.39 is 0 Å². The van der Waals surface area contributed by atoms with Crippen LogP contribution >= 0.6 is 0 Å². The van der Waals surface area contributed by atoms with Crippen molar-refractivity contribution in [3.8, 4) is 0 Å². The maximum absolute atomic E-state index is 11.8. The van der Waals surface area contributed by atoms with Gasteiger partial charge in [-0.15, -0.1) is 0 Å². The first-order chi connectivity index (χ1) is 8.19. The van der Waals surface area contributed by atoms with E-state index in [9.17, 15) is 9.59 Å². The number of aliphatic hydroxyl groups excluding tert-OH is 1. The van der Waals surface area contributed by atoms with Crippen molar-refractivity contribution in [2.24, 2.45) is 5.92 Å². The lowest BCUT2D eigenvalue weighted by molar-refractivity contribution is -0.144. The third kappa shape index (κ3) is 4.46. The van der Waals surface area contributed by atoms with Crippen molar-refractivity contribution in [2.75, 3.05) is 13.2 Å². The molecule has 1 aliphatic rings. The summed E-state index contributed by atoms with van der Waals surface area (Å²) in [5, 5.41) is 8.99. The first kappa shape index (κ1) is 14.2. The van der Waals surface area contributed by atoms with Crippen LogP contribution < -0.4 is 0 Å². The van der Waals surface area contributed by atoms with Gasteiger partial charge < -0.3 is 5.11 Å². The van der Waals surface area contributed by atoms with Crippen LogP contribution in [-0.2, 0) is 9.59 Å². The molecule has 0 aromatic rings. The van der Waals surface area contributed by atoms with Crippen molar-refractivity contribution in [1.82, 2.24) is 4.90 Å². The Morgan fingerprint density at radius 1 is 1.18 bits per heavy atom. The number of hydrogen-bond donors (Lipinski definition) is 1. The molecule has 0 saturated carbocycles. The fraction of sp³-hybridized carbons (Fsp3) is 0.846. The topological polar surface area (TPSA) is 57.6 Å². The van der Waals surface area contributed by atoms with Gasteiger partial charge >= 0.3 is 0 Å². The van der Waals surface area contributed by atoms with Crippen molar-refractivity contribution < 1.29 is 14.7 Å². The second-order valence-electron chi connectivity index (χ2n) is 4.77. The predicted octanol–water partition coefficient (Wildman–Crippen LogP) is 1.71. The van der Waals surface area contributed by atoms with Crippen LogP contribution in [0.2, 0.25) is 0 Å². The summed E-state index contributed by atoms with van der Waals surface area (Å²) in [6, 6.07) is 0. The first-order valence-electron chi connectivity index (χ1n) is 6.63. The number of carbonyl (C=O) groups is 2. The van der Waals surface area contributed by atoms with Gasteiger partial charge in [0.05, 0.1) is 0 Å². The molecule has 1 rings (SSSR count). The Labute approximate surface area is 103 Å². The van der Waals surface area contributed by atoms with Gasteiger partial charge in [0.2, 0.25) is 11.8 Å². The van der Waals surface area contributed by atoms with Gasteiger partial charge in [-0.2, -0.15) is 0 Å². The van der Waals surface area contributed by atoms with Crippen LogP contribution in [0, 0.1) is 5.92 Å². The number of likely N-dealkylation sites (tertiary alicyclic amines) is 1. The molecule has 0 radical (unpaired) electrons. The second-order valence-corrected chi connectivity index (χ2v) is 4.77. The highest BCUT2D eigenvalue weighted by molar-refractivity contribution is 5.96. The molecule has 1 saturated heterocycles. The Kier molecular flexibility index (Phi) is 6.19. The highest BCUT2D eigenvalue weighted by Gasteiger charge is 2.26. The van der Waals surface area contributed by atoms with Crippen LogP contribution in [0.15, 0.2) is 0 Å². The van der Waals surface area contributed by atoms with E-state index in [2.05, 4.69) is 6.92 Å². The van der Waals surface area contributed by atoms with Crippen molar-refractivity contribution in [2.45, 2.75) is 51.9 Å². The summed E-state index contributed by atoms with van der Waals surface area (Å²) in [6.45, 7) is 2.70. The van der Waals surface area contributed by atoms with Crippen LogP contribution in [0.1, 0.15) is 51.9 Å². The van der Waals surface area contributed by atoms with Crippen LogP contribution in [0.25, 0.3) is 0 Å². The molecule has 98 valence electrons. The number of aliphatic hydroxyl groups is 1. The Morgan fingerprint density at radius 3 is 2.24 bits per heavy atom. The van der Waals surface area contributed by atoms with E-state index in [0.29, 0.717) is 25.8 Å². The lowest BCUT2D eigenvalue weighted by Crippen LogP contribution is -2.39. The van der Waals surface area contributed by atoms with Crippen LogP contribution in [0.3, 0.4) is 0 Å². The molecule has 1 atom stereocenters. The molecule has 1 unspecified atom stereocenters. The molecule has 4 heteroatoms. The molecule has 2 amide bonds. The zero-order valence-electron chi connectivity index (χ0n) is 10.7. The summed E-state index contributed by atoms with van der Waals surface area (Å²) in [4.78, 5) is 25.0. The molecular formula is C13H23NO3. The molecule has 0 aromatic carbocycles. The number of nitrogens with zero attached hydrogens (tertiary/aromatic N) is 1. The largest absolute Gasteiger partial charge is 0.396 e. The Bertz CT molecular complexity index is 241. The smallest absolute Gasteiger partial charge is 0.229 e. The number of rotatable bonds is 6. The Hall–Kier alpha value is -0.900. The summed E-state index contributed by atoms with van der Waals surface area (Å²) in [5.41, 5.74) is 0. The minimum Gasteiger partial charge on any atom is -0.396 e. The van der Waals surface area contributed by atoms with E-state index in [4.69, 9.17) is 5.11 Å². The predicted molar refractivity (Wildman–Crippen MR) is 65.3 cm³/mol. The molecule has 1 aliphatic heterocycles. The van der Waals surface area contributed by atoms with Crippen molar-refractivity contribution in [3.05, 3.63) is 0 Å². The average molecular weight is 241 g/mol. The molecule has 0 spiro atoms. The zero-order valence-corrected chi connectivity index (χ0v) is 10.7. The van der Waals surface area contributed by atoms with Gasteiger partial charge in [-0.05, 0) is 31.6 Å². The lowest BCUT2D eigenvalue weighted by atomic mass is 9.99. The van der Waals surface area contributed by atoms with Gasteiger partial charge in [0.15, 0.2) is 0 Å². The molecular weight excluding hydrogens is 218 g/mol. The number of carbonyl (C=O) groups excluding carboxylic acids is 2. The molecule has 0 aliphatic carbocycles. The standard InChI is InChI=1S/C13H23NO3/c1-2-5-11(8-9-15)10-14-12(16)6-3-4-7-13(14)17/h11,15H,2-10H2,1H3. The minimum absolute atomic E-state index is 0.0356. The second kappa shape index (κ2) is 7.43. The molecule has 1 fully saturated rings. The summed E-state index contributed by atoms with van der Waals surface area (Å²) in [5.74, 6) is 0.175. The normalized spacial score (nSPS) is 19.3. The van der Waals surface area contributed by atoms with Crippen molar-refractivity contribution in [1.29, 1.82) is 0 Å². The van der Waals surface area contributed by atoms with Crippen LogP contribution in [0.5, 0.6) is 0 Å². The van der Waals surface area contributed by atoms with Crippen LogP contribution in [-0.4, -0.2) is 35.0 Å². The summed E-state index contributed by atoms with van der Waals surface area (Å²) in [6.07, 6.45) is 5.26. The molecule has 1 N–H and O–H groups in total. The highest BCUT2D eigenvalue weighted by atomic mass is 16.3. The van der Waals surface area contributed by atoms with Crippen LogP contribution in [0.4, 0.5) is 0 Å². The number of imide groups is 1.